The Morgan fingerprint density at radius 2 is 1.74 bits per heavy atom. The van der Waals surface area contributed by atoms with Crippen molar-refractivity contribution in [3.63, 3.8) is 0 Å². The molecule has 0 bridgehead atoms. The molecule has 1 aliphatic carbocycles. The van der Waals surface area contributed by atoms with Crippen molar-refractivity contribution < 1.29 is 28.8 Å². The van der Waals surface area contributed by atoms with Crippen molar-refractivity contribution in [1.29, 1.82) is 0 Å². The van der Waals surface area contributed by atoms with Gasteiger partial charge in [0.15, 0.2) is 11.7 Å². The van der Waals surface area contributed by atoms with Crippen LogP contribution in [-0.4, -0.2) is 51.2 Å². The number of hydrogen-bond acceptors (Lipinski definition) is 6. The molecule has 35 heavy (non-hydrogen) atoms. The predicted molar refractivity (Wildman–Crippen MR) is 139 cm³/mol. The highest BCUT2D eigenvalue weighted by molar-refractivity contribution is 6.77. The van der Waals surface area contributed by atoms with E-state index in [0.717, 1.165) is 51.5 Å². The van der Waals surface area contributed by atoms with Crippen molar-refractivity contribution in [3.05, 3.63) is 0 Å². The summed E-state index contributed by atoms with van der Waals surface area (Å²) in [5.41, 5.74) is 0.0323. The molecule has 0 aromatic carbocycles. The highest BCUT2D eigenvalue weighted by atomic mass is 28.3. The molecule has 0 aromatic rings. The zero-order valence-corrected chi connectivity index (χ0v) is 24.5. The van der Waals surface area contributed by atoms with Crippen molar-refractivity contribution in [1.82, 2.24) is 5.32 Å². The number of unbranched alkanes of at least 4 members (excludes halogenated alkanes) is 2. The maximum Gasteiger partial charge on any atom is 0.220 e. The molecule has 0 radical (unpaired) electrons. The van der Waals surface area contributed by atoms with E-state index in [1.165, 1.54) is 0 Å². The van der Waals surface area contributed by atoms with Gasteiger partial charge in [-0.2, -0.15) is 4.89 Å². The Balaban J connectivity index is 1.75. The van der Waals surface area contributed by atoms with E-state index in [2.05, 4.69) is 52.7 Å². The summed E-state index contributed by atoms with van der Waals surface area (Å²) in [6.45, 7) is 19.6. The molecule has 8 heteroatoms. The van der Waals surface area contributed by atoms with Crippen molar-refractivity contribution in [2.45, 2.75) is 123 Å². The Labute approximate surface area is 214 Å². The van der Waals surface area contributed by atoms with Gasteiger partial charge in [-0.1, -0.05) is 60.2 Å². The molecule has 5 atom stereocenters. The molecule has 2 saturated heterocycles. The van der Waals surface area contributed by atoms with Gasteiger partial charge in [0.25, 0.3) is 0 Å². The average Bonchev–Trinajstić information content (AvgIpc) is 3.22. The molecule has 2 aliphatic heterocycles. The van der Waals surface area contributed by atoms with Gasteiger partial charge < -0.3 is 19.5 Å². The lowest BCUT2D eigenvalue weighted by atomic mass is 9.67. The summed E-state index contributed by atoms with van der Waals surface area (Å²) in [6, 6.07) is 0. The van der Waals surface area contributed by atoms with Crippen LogP contribution in [-0.2, 0) is 28.8 Å². The molecule has 3 fully saturated rings. The zero-order valence-electron chi connectivity index (χ0n) is 23.5. The van der Waals surface area contributed by atoms with Gasteiger partial charge >= 0.3 is 0 Å². The first-order valence-electron chi connectivity index (χ1n) is 13.9. The molecular weight excluding hydrogens is 462 g/mol. The highest BCUT2D eigenvalue weighted by Gasteiger charge is 2.60. The molecule has 1 amide bonds. The van der Waals surface area contributed by atoms with Crippen LogP contribution in [0, 0.1) is 23.2 Å². The molecule has 7 nitrogen and oxygen atoms in total. The number of hydrogen-bond donors (Lipinski definition) is 1. The van der Waals surface area contributed by atoms with E-state index in [-0.39, 0.29) is 29.1 Å². The van der Waals surface area contributed by atoms with Gasteiger partial charge in [0.05, 0.1) is 13.2 Å². The van der Waals surface area contributed by atoms with Crippen LogP contribution >= 0.6 is 0 Å². The Morgan fingerprint density at radius 3 is 2.34 bits per heavy atom. The minimum atomic E-state index is -1.79. The van der Waals surface area contributed by atoms with Gasteiger partial charge in [-0.3, -0.25) is 4.79 Å². The van der Waals surface area contributed by atoms with E-state index in [0.29, 0.717) is 25.6 Å². The second-order valence-corrected chi connectivity index (χ2v) is 18.5. The SMILES string of the molecule is CCCCCNC(=O)C[C@@H]1CC[C@@H](C)[C@H](CCC2(C)OCC(C)(C)CO2)C12OOC([Si](C)(C)C)O2. The number of ether oxygens (including phenoxy) is 3. The Morgan fingerprint density at radius 1 is 1.06 bits per heavy atom. The molecule has 204 valence electrons. The van der Waals surface area contributed by atoms with Crippen LogP contribution in [0.1, 0.15) is 86.0 Å². The molecule has 1 saturated carbocycles. The lowest BCUT2D eigenvalue weighted by Crippen LogP contribution is -2.55. The van der Waals surface area contributed by atoms with Crippen molar-refractivity contribution in [2.75, 3.05) is 19.8 Å². The monoisotopic (exact) mass is 513 g/mol. The van der Waals surface area contributed by atoms with E-state index in [9.17, 15) is 4.79 Å². The fourth-order valence-corrected chi connectivity index (χ4v) is 6.37. The highest BCUT2D eigenvalue weighted by Crippen LogP contribution is 2.53. The summed E-state index contributed by atoms with van der Waals surface area (Å²) in [5.74, 6) is -1.36. The third-order valence-corrected chi connectivity index (χ3v) is 9.62. The fraction of sp³-hybridized carbons (Fsp3) is 0.963. The molecule has 3 aliphatic rings. The fourth-order valence-electron chi connectivity index (χ4n) is 5.50. The summed E-state index contributed by atoms with van der Waals surface area (Å²) >= 11 is 0. The van der Waals surface area contributed by atoms with E-state index in [1.807, 2.05) is 6.92 Å². The van der Waals surface area contributed by atoms with E-state index >= 15 is 0 Å². The minimum absolute atomic E-state index is 0.0323. The number of carbonyl (C=O) groups is 1. The van der Waals surface area contributed by atoms with Gasteiger partial charge in [-0.05, 0) is 38.5 Å². The zero-order chi connectivity index (χ0) is 25.9. The minimum Gasteiger partial charge on any atom is -0.356 e. The quantitative estimate of drug-likeness (QED) is 0.226. The van der Waals surface area contributed by atoms with E-state index in [4.69, 9.17) is 24.0 Å². The molecule has 0 aromatic heterocycles. The molecule has 2 unspecified atom stereocenters. The van der Waals surface area contributed by atoms with Crippen LogP contribution in [0.5, 0.6) is 0 Å². The predicted octanol–water partition coefficient (Wildman–Crippen LogP) is 5.79. The van der Waals surface area contributed by atoms with Crippen LogP contribution in [0.2, 0.25) is 19.6 Å². The molecule has 2 heterocycles. The van der Waals surface area contributed by atoms with Gasteiger partial charge in [-0.15, -0.1) is 0 Å². The van der Waals surface area contributed by atoms with Gasteiger partial charge in [0.2, 0.25) is 11.7 Å². The van der Waals surface area contributed by atoms with Crippen LogP contribution in [0.15, 0.2) is 0 Å². The lowest BCUT2D eigenvalue weighted by Gasteiger charge is -2.48. The topological polar surface area (TPSA) is 75.3 Å². The number of nitrogens with one attached hydrogen (secondary N) is 1. The summed E-state index contributed by atoms with van der Waals surface area (Å²) < 4.78 is 19.1. The standard InChI is InChI=1S/C27H51NO6Si/c1-9-10-11-16-28-23(29)17-21-13-12-20(2)22(27(21)32-24(33-34-27)35(6,7)8)14-15-26(5)30-18-25(3,4)19-31-26/h20-22,24H,9-19H2,1-8H3,(H,28,29)/t20-,21+,22+,24?,27?/m1/s1. The second kappa shape index (κ2) is 11.5. The number of carbonyl (C=O) groups excluding carboxylic acids is 1. The van der Waals surface area contributed by atoms with Gasteiger partial charge in [0, 0.05) is 36.6 Å². The first kappa shape index (κ1) is 29.0. The molecule has 3 rings (SSSR count). The van der Waals surface area contributed by atoms with Crippen molar-refractivity contribution in [3.8, 4) is 0 Å². The smallest absolute Gasteiger partial charge is 0.220 e. The Bertz CT molecular complexity index is 700. The third-order valence-electron chi connectivity index (χ3n) is 7.99. The van der Waals surface area contributed by atoms with Crippen molar-refractivity contribution >= 4 is 14.0 Å². The second-order valence-electron chi connectivity index (χ2n) is 13.3. The molecule has 1 spiro atoms. The van der Waals surface area contributed by atoms with Crippen LogP contribution < -0.4 is 5.32 Å². The van der Waals surface area contributed by atoms with Crippen molar-refractivity contribution in [2.24, 2.45) is 23.2 Å². The number of amides is 1. The van der Waals surface area contributed by atoms with Gasteiger partial charge in [-0.25, -0.2) is 4.89 Å². The Kier molecular flexibility index (Phi) is 9.53. The maximum atomic E-state index is 12.9. The van der Waals surface area contributed by atoms with E-state index < -0.39 is 19.6 Å². The molecule has 1 N–H and O–H groups in total. The van der Waals surface area contributed by atoms with Crippen LogP contribution in [0.25, 0.3) is 0 Å². The number of rotatable bonds is 10. The average molecular weight is 514 g/mol. The lowest BCUT2D eigenvalue weighted by molar-refractivity contribution is -0.370. The summed E-state index contributed by atoms with van der Waals surface area (Å²) in [4.78, 5) is 25.0. The first-order chi connectivity index (χ1) is 16.3. The molecular formula is C27H51NO6Si. The normalized spacial score (nSPS) is 34.7. The summed E-state index contributed by atoms with van der Waals surface area (Å²) in [6.07, 6.45) is 7.19. The van der Waals surface area contributed by atoms with E-state index in [1.54, 1.807) is 0 Å². The largest absolute Gasteiger partial charge is 0.356 e. The maximum absolute atomic E-state index is 12.9. The third kappa shape index (κ3) is 7.29. The Hall–Kier alpha value is -0.513. The van der Waals surface area contributed by atoms with Crippen LogP contribution in [0.4, 0.5) is 0 Å². The van der Waals surface area contributed by atoms with Crippen LogP contribution in [0.3, 0.4) is 0 Å². The summed E-state index contributed by atoms with van der Waals surface area (Å²) in [5, 5.41) is 3.11. The summed E-state index contributed by atoms with van der Waals surface area (Å²) in [7, 11) is -1.79. The first-order valence-corrected chi connectivity index (χ1v) is 17.4. The van der Waals surface area contributed by atoms with Gasteiger partial charge in [0.1, 0.15) is 8.07 Å².